The molecule has 9 heteroatoms. The van der Waals surface area contributed by atoms with Crippen LogP contribution in [-0.4, -0.2) is 26.4 Å². The third-order valence-electron chi connectivity index (χ3n) is 4.31. The first-order valence-corrected chi connectivity index (χ1v) is 10.6. The number of halogens is 2. The highest BCUT2D eigenvalue weighted by Crippen LogP contribution is 2.33. The number of nitrogens with zero attached hydrogens (tertiary/aromatic N) is 2. The molecule has 0 fully saturated rings. The Bertz CT molecular complexity index is 965. The van der Waals surface area contributed by atoms with Gasteiger partial charge in [0.25, 0.3) is 0 Å². The zero-order valence-electron chi connectivity index (χ0n) is 14.1. The molecule has 26 heavy (non-hydrogen) atoms. The van der Waals surface area contributed by atoms with Gasteiger partial charge in [0.2, 0.25) is 15.9 Å². The highest BCUT2D eigenvalue weighted by Gasteiger charge is 2.26. The zero-order chi connectivity index (χ0) is 18.9. The molecule has 0 radical (unpaired) electrons. The second-order valence-corrected chi connectivity index (χ2v) is 8.51. The van der Waals surface area contributed by atoms with Crippen LogP contribution in [0.2, 0.25) is 5.02 Å². The van der Waals surface area contributed by atoms with Crippen LogP contribution in [0, 0.1) is 0 Å². The van der Waals surface area contributed by atoms with Crippen molar-refractivity contribution in [1.82, 2.24) is 9.73 Å². The second-order valence-electron chi connectivity index (χ2n) is 5.81. The molecule has 0 spiro atoms. The Kier molecular flexibility index (Phi) is 5.75. The number of hydrazone groups is 1. The van der Waals surface area contributed by atoms with Gasteiger partial charge in [-0.05, 0) is 43.3 Å². The topological polar surface area (TPSA) is 71.0 Å². The fourth-order valence-electron chi connectivity index (χ4n) is 2.87. The standard InChI is InChI=1S/C17H17ClIN3O3S/c1-11-14-6-4-3-5-13(14)10-22(11)21-17(25-19)12-7-8-15(18)16(9-12)26(23,24)20-2/h3-9,11,20H,10H2,1-2H3/b21-17-. The van der Waals surface area contributed by atoms with Crippen LogP contribution in [0.3, 0.4) is 0 Å². The Morgan fingerprint density at radius 3 is 2.73 bits per heavy atom. The van der Waals surface area contributed by atoms with Crippen molar-refractivity contribution in [2.75, 3.05) is 7.05 Å². The summed E-state index contributed by atoms with van der Waals surface area (Å²) >= 11 is 7.79. The lowest BCUT2D eigenvalue weighted by molar-refractivity contribution is 0.237. The van der Waals surface area contributed by atoms with E-state index in [1.807, 2.05) is 17.1 Å². The minimum absolute atomic E-state index is 0.0157. The molecule has 0 aliphatic carbocycles. The molecule has 0 bridgehead atoms. The maximum atomic E-state index is 12.1. The third-order valence-corrected chi connectivity index (χ3v) is 6.63. The largest absolute Gasteiger partial charge is 0.406 e. The number of rotatable bonds is 4. The lowest BCUT2D eigenvalue weighted by Crippen LogP contribution is -2.20. The van der Waals surface area contributed by atoms with Gasteiger partial charge in [0, 0.05) is 5.56 Å². The van der Waals surface area contributed by atoms with Crippen molar-refractivity contribution < 1.29 is 11.5 Å². The molecular weight excluding hydrogens is 489 g/mol. The summed E-state index contributed by atoms with van der Waals surface area (Å²) in [7, 11) is -2.34. The average molecular weight is 506 g/mol. The Morgan fingerprint density at radius 2 is 2.08 bits per heavy atom. The molecule has 2 aromatic carbocycles. The first-order valence-electron chi connectivity index (χ1n) is 7.82. The van der Waals surface area contributed by atoms with Gasteiger partial charge < -0.3 is 3.07 Å². The quantitative estimate of drug-likeness (QED) is 0.389. The van der Waals surface area contributed by atoms with Crippen molar-refractivity contribution >= 4 is 50.5 Å². The molecule has 3 rings (SSSR count). The predicted octanol–water partition coefficient (Wildman–Crippen LogP) is 3.85. The summed E-state index contributed by atoms with van der Waals surface area (Å²) in [6.45, 7) is 2.73. The normalized spacial score (nSPS) is 17.3. The van der Waals surface area contributed by atoms with Crippen LogP contribution in [-0.2, 0) is 19.6 Å². The van der Waals surface area contributed by atoms with Gasteiger partial charge in [0.1, 0.15) is 4.90 Å². The van der Waals surface area contributed by atoms with Gasteiger partial charge in [-0.15, -0.1) is 5.10 Å². The number of nitrogens with one attached hydrogen (secondary N) is 1. The molecule has 0 amide bonds. The Balaban J connectivity index is 1.98. The Hall–Kier alpha value is -1.36. The zero-order valence-corrected chi connectivity index (χ0v) is 17.8. The van der Waals surface area contributed by atoms with Gasteiger partial charge in [-0.3, -0.25) is 5.01 Å². The van der Waals surface area contributed by atoms with Gasteiger partial charge in [-0.1, -0.05) is 35.9 Å². The number of hydrogen-bond donors (Lipinski definition) is 1. The van der Waals surface area contributed by atoms with Crippen LogP contribution < -0.4 is 4.72 Å². The molecular formula is C17H17ClIN3O3S. The van der Waals surface area contributed by atoms with Crippen molar-refractivity contribution in [2.45, 2.75) is 24.4 Å². The van der Waals surface area contributed by atoms with E-state index >= 15 is 0 Å². The first kappa shape index (κ1) is 19.4. The summed E-state index contributed by atoms with van der Waals surface area (Å²) in [4.78, 5) is -0.0157. The monoisotopic (exact) mass is 505 g/mol. The van der Waals surface area contributed by atoms with Crippen molar-refractivity contribution in [2.24, 2.45) is 5.10 Å². The van der Waals surface area contributed by atoms with Crippen molar-refractivity contribution in [1.29, 1.82) is 0 Å². The van der Waals surface area contributed by atoms with Gasteiger partial charge in [-0.25, -0.2) is 13.1 Å². The molecule has 1 atom stereocenters. The number of sulfonamides is 1. The van der Waals surface area contributed by atoms with E-state index in [1.165, 1.54) is 30.3 Å². The summed E-state index contributed by atoms with van der Waals surface area (Å²) in [5.74, 6) is 0.314. The number of hydrogen-bond acceptors (Lipinski definition) is 5. The summed E-state index contributed by atoms with van der Waals surface area (Å²) in [6.07, 6.45) is 0. The lowest BCUT2D eigenvalue weighted by Gasteiger charge is -2.19. The molecule has 1 aliphatic heterocycles. The van der Waals surface area contributed by atoms with E-state index in [0.29, 0.717) is 18.0 Å². The van der Waals surface area contributed by atoms with E-state index in [-0.39, 0.29) is 16.0 Å². The second kappa shape index (κ2) is 7.71. The molecule has 0 saturated heterocycles. The maximum Gasteiger partial charge on any atom is 0.248 e. The van der Waals surface area contributed by atoms with Gasteiger partial charge in [0.15, 0.2) is 23.0 Å². The van der Waals surface area contributed by atoms with Crippen LogP contribution in [0.4, 0.5) is 0 Å². The van der Waals surface area contributed by atoms with E-state index in [1.54, 1.807) is 29.1 Å². The van der Waals surface area contributed by atoms with Gasteiger partial charge in [0.05, 0.1) is 17.6 Å². The summed E-state index contributed by atoms with van der Waals surface area (Å²) < 4.78 is 32.0. The first-order chi connectivity index (χ1) is 12.4. The molecule has 0 aromatic heterocycles. The Labute approximate surface area is 171 Å². The van der Waals surface area contributed by atoms with Crippen molar-refractivity contribution in [3.8, 4) is 0 Å². The highest BCUT2D eigenvalue weighted by atomic mass is 127. The molecule has 2 aromatic rings. The van der Waals surface area contributed by atoms with E-state index in [4.69, 9.17) is 14.7 Å². The van der Waals surface area contributed by atoms with Crippen LogP contribution in [0.15, 0.2) is 52.5 Å². The van der Waals surface area contributed by atoms with Gasteiger partial charge in [-0.2, -0.15) is 0 Å². The average Bonchev–Trinajstić information content (AvgIpc) is 2.96. The number of fused-ring (bicyclic) bond motifs is 1. The molecule has 1 aliphatic rings. The molecule has 1 heterocycles. The van der Waals surface area contributed by atoms with Crippen LogP contribution in [0.5, 0.6) is 0 Å². The summed E-state index contributed by atoms with van der Waals surface area (Å²) in [6, 6.07) is 12.9. The third kappa shape index (κ3) is 3.68. The van der Waals surface area contributed by atoms with Crippen molar-refractivity contribution in [3.05, 3.63) is 64.2 Å². The smallest absolute Gasteiger partial charge is 0.248 e. The number of benzene rings is 2. The van der Waals surface area contributed by atoms with E-state index in [2.05, 4.69) is 28.9 Å². The predicted molar refractivity (Wildman–Crippen MR) is 110 cm³/mol. The SMILES string of the molecule is CNS(=O)(=O)c1cc(/C(=N/N2Cc3ccccc3C2C)OI)ccc1Cl. The fourth-order valence-corrected chi connectivity index (χ4v) is 4.46. The minimum Gasteiger partial charge on any atom is -0.406 e. The molecule has 6 nitrogen and oxygen atoms in total. The Morgan fingerprint density at radius 1 is 1.35 bits per heavy atom. The molecule has 1 N–H and O–H groups in total. The highest BCUT2D eigenvalue weighted by molar-refractivity contribution is 14.1. The van der Waals surface area contributed by atoms with Crippen LogP contribution >= 0.6 is 34.6 Å². The fraction of sp³-hybridized carbons (Fsp3) is 0.235. The van der Waals surface area contributed by atoms with E-state index in [9.17, 15) is 8.42 Å². The van der Waals surface area contributed by atoms with Gasteiger partial charge >= 0.3 is 0 Å². The lowest BCUT2D eigenvalue weighted by atomic mass is 10.1. The van der Waals surface area contributed by atoms with Crippen LogP contribution in [0.25, 0.3) is 0 Å². The van der Waals surface area contributed by atoms with Crippen LogP contribution in [0.1, 0.15) is 29.7 Å². The van der Waals surface area contributed by atoms with Crippen molar-refractivity contribution in [3.63, 3.8) is 0 Å². The maximum absolute atomic E-state index is 12.1. The summed E-state index contributed by atoms with van der Waals surface area (Å²) in [5, 5.41) is 6.65. The molecule has 0 saturated carbocycles. The van der Waals surface area contributed by atoms with E-state index < -0.39 is 10.0 Å². The summed E-state index contributed by atoms with van der Waals surface area (Å²) in [5.41, 5.74) is 2.96. The molecule has 1 unspecified atom stereocenters. The van der Waals surface area contributed by atoms with E-state index in [0.717, 1.165) is 0 Å². The molecule has 138 valence electrons. The minimum atomic E-state index is -3.68.